The van der Waals surface area contributed by atoms with Crippen LogP contribution in [0.1, 0.15) is 29.2 Å². The second-order valence-electron chi connectivity index (χ2n) is 4.74. The van der Waals surface area contributed by atoms with Gasteiger partial charge in [0.25, 0.3) is 0 Å². The smallest absolute Gasteiger partial charge is 0.122 e. The lowest BCUT2D eigenvalue weighted by Crippen LogP contribution is -2.11. The van der Waals surface area contributed by atoms with Crippen LogP contribution in [0.5, 0.6) is 5.75 Å². The normalized spacial score (nSPS) is 15.2. The van der Waals surface area contributed by atoms with Crippen LogP contribution in [0.25, 0.3) is 0 Å². The molecule has 2 N–H and O–H groups in total. The van der Waals surface area contributed by atoms with E-state index in [1.54, 1.807) is 11.3 Å². The highest BCUT2D eigenvalue weighted by atomic mass is 32.1. The number of nitrogens with two attached hydrogens (primary N) is 1. The summed E-state index contributed by atoms with van der Waals surface area (Å²) in [5, 5.41) is 4.32. The first-order valence-electron chi connectivity index (χ1n) is 6.35. The predicted octanol–water partition coefficient (Wildman–Crippen LogP) is 3.32. The third kappa shape index (κ3) is 2.42. The van der Waals surface area contributed by atoms with Crippen LogP contribution in [0.2, 0.25) is 0 Å². The summed E-state index contributed by atoms with van der Waals surface area (Å²) in [7, 11) is 0. The minimum absolute atomic E-state index is 0.121. The van der Waals surface area contributed by atoms with Gasteiger partial charge >= 0.3 is 0 Å². The quantitative estimate of drug-likeness (QED) is 0.914. The predicted molar refractivity (Wildman–Crippen MR) is 75.2 cm³/mol. The monoisotopic (exact) mass is 259 g/mol. The van der Waals surface area contributed by atoms with Gasteiger partial charge in [-0.1, -0.05) is 12.1 Å². The highest BCUT2D eigenvalue weighted by molar-refractivity contribution is 7.07. The van der Waals surface area contributed by atoms with Gasteiger partial charge in [0.05, 0.1) is 6.61 Å². The van der Waals surface area contributed by atoms with Gasteiger partial charge in [-0.3, -0.25) is 0 Å². The van der Waals surface area contributed by atoms with Crippen molar-refractivity contribution in [3.63, 3.8) is 0 Å². The van der Waals surface area contributed by atoms with Crippen molar-refractivity contribution in [1.82, 2.24) is 0 Å². The first-order valence-corrected chi connectivity index (χ1v) is 7.29. The Balaban J connectivity index is 1.67. The van der Waals surface area contributed by atoms with E-state index >= 15 is 0 Å². The van der Waals surface area contributed by atoms with Crippen LogP contribution in [-0.2, 0) is 12.8 Å². The van der Waals surface area contributed by atoms with E-state index < -0.39 is 0 Å². The molecule has 1 aliphatic rings. The molecule has 1 aliphatic heterocycles. The lowest BCUT2D eigenvalue weighted by molar-refractivity contribution is 0.357. The molecular formula is C15H17NOS. The Morgan fingerprint density at radius 3 is 3.11 bits per heavy atom. The van der Waals surface area contributed by atoms with Crippen molar-refractivity contribution in [3.05, 3.63) is 51.7 Å². The Bertz CT molecular complexity index is 521. The lowest BCUT2D eigenvalue weighted by Gasteiger charge is -2.12. The van der Waals surface area contributed by atoms with Gasteiger partial charge in [-0.05, 0) is 52.4 Å². The number of benzene rings is 1. The van der Waals surface area contributed by atoms with Crippen molar-refractivity contribution >= 4 is 11.3 Å². The summed E-state index contributed by atoms with van der Waals surface area (Å²) in [6.45, 7) is 0.808. The van der Waals surface area contributed by atoms with Crippen LogP contribution in [0.3, 0.4) is 0 Å². The highest BCUT2D eigenvalue weighted by Crippen LogP contribution is 2.28. The Morgan fingerprint density at radius 2 is 2.28 bits per heavy atom. The number of ether oxygens (including phenoxy) is 1. The summed E-state index contributed by atoms with van der Waals surface area (Å²) in [5.41, 5.74) is 10.2. The molecule has 2 aromatic rings. The Hall–Kier alpha value is -1.32. The molecule has 0 amide bonds. The molecule has 3 rings (SSSR count). The summed E-state index contributed by atoms with van der Waals surface area (Å²) < 4.78 is 5.51. The van der Waals surface area contributed by atoms with Gasteiger partial charge in [-0.2, -0.15) is 11.3 Å². The topological polar surface area (TPSA) is 35.2 Å². The van der Waals surface area contributed by atoms with Crippen molar-refractivity contribution in [1.29, 1.82) is 0 Å². The maximum absolute atomic E-state index is 6.27. The van der Waals surface area contributed by atoms with E-state index in [-0.39, 0.29) is 6.04 Å². The maximum Gasteiger partial charge on any atom is 0.122 e. The second kappa shape index (κ2) is 5.12. The van der Waals surface area contributed by atoms with Crippen LogP contribution < -0.4 is 10.5 Å². The zero-order valence-corrected chi connectivity index (χ0v) is 11.1. The van der Waals surface area contributed by atoms with Gasteiger partial charge in [-0.15, -0.1) is 0 Å². The van der Waals surface area contributed by atoms with E-state index in [1.165, 1.54) is 16.7 Å². The van der Waals surface area contributed by atoms with E-state index in [1.807, 2.05) is 0 Å². The molecule has 0 aliphatic carbocycles. The van der Waals surface area contributed by atoms with Gasteiger partial charge in [0.15, 0.2) is 0 Å². The Labute approximate surface area is 111 Å². The third-order valence-corrected chi connectivity index (χ3v) is 4.20. The minimum atomic E-state index is 0.121. The first-order chi connectivity index (χ1) is 8.83. The summed E-state index contributed by atoms with van der Waals surface area (Å²) in [6, 6.07) is 8.66. The number of rotatable bonds is 4. The van der Waals surface area contributed by atoms with Gasteiger partial charge in [-0.25, -0.2) is 0 Å². The largest absolute Gasteiger partial charge is 0.493 e. The molecule has 94 valence electrons. The first kappa shape index (κ1) is 11.8. The van der Waals surface area contributed by atoms with Crippen LogP contribution >= 0.6 is 11.3 Å². The van der Waals surface area contributed by atoms with Gasteiger partial charge in [0.1, 0.15) is 5.75 Å². The summed E-state index contributed by atoms with van der Waals surface area (Å²) in [6.07, 6.45) is 3.06. The zero-order valence-electron chi connectivity index (χ0n) is 10.3. The molecule has 2 nitrogen and oxygen atoms in total. The fourth-order valence-corrected chi connectivity index (χ4v) is 3.06. The molecule has 0 radical (unpaired) electrons. The van der Waals surface area contributed by atoms with E-state index in [9.17, 15) is 0 Å². The number of aryl methyl sites for hydroxylation is 1. The number of fused-ring (bicyclic) bond motifs is 1. The van der Waals surface area contributed by atoms with Crippen LogP contribution in [0.15, 0.2) is 35.0 Å². The molecule has 1 atom stereocenters. The summed E-state index contributed by atoms with van der Waals surface area (Å²) >= 11 is 1.75. The Morgan fingerprint density at radius 1 is 1.33 bits per heavy atom. The molecule has 2 heterocycles. The van der Waals surface area contributed by atoms with Gasteiger partial charge < -0.3 is 10.5 Å². The lowest BCUT2D eigenvalue weighted by atomic mass is 9.98. The van der Waals surface area contributed by atoms with E-state index in [0.717, 1.165) is 31.6 Å². The van der Waals surface area contributed by atoms with Crippen molar-refractivity contribution in [2.45, 2.75) is 25.3 Å². The molecule has 1 aromatic heterocycles. The molecule has 0 saturated heterocycles. The minimum Gasteiger partial charge on any atom is -0.493 e. The van der Waals surface area contributed by atoms with E-state index in [0.29, 0.717) is 0 Å². The third-order valence-electron chi connectivity index (χ3n) is 3.47. The van der Waals surface area contributed by atoms with Crippen molar-refractivity contribution in [3.8, 4) is 5.75 Å². The molecule has 0 saturated carbocycles. The Kier molecular flexibility index (Phi) is 3.35. The molecule has 18 heavy (non-hydrogen) atoms. The SMILES string of the molecule is NC(CCc1ccsc1)c1ccc2c(c1)CCO2. The zero-order chi connectivity index (χ0) is 12.4. The maximum atomic E-state index is 6.27. The standard InChI is InChI=1S/C15H17NOS/c16-14(3-1-11-6-8-18-10-11)12-2-4-15-13(9-12)5-7-17-15/h2,4,6,8-10,14H,1,3,5,7,16H2. The number of hydrogen-bond acceptors (Lipinski definition) is 3. The average molecular weight is 259 g/mol. The molecule has 1 unspecified atom stereocenters. The summed E-state index contributed by atoms with van der Waals surface area (Å²) in [5.74, 6) is 1.03. The summed E-state index contributed by atoms with van der Waals surface area (Å²) in [4.78, 5) is 0. The number of thiophene rings is 1. The number of hydrogen-bond donors (Lipinski definition) is 1. The fourth-order valence-electron chi connectivity index (χ4n) is 2.36. The molecular weight excluding hydrogens is 242 g/mol. The van der Waals surface area contributed by atoms with Crippen LogP contribution in [0, 0.1) is 0 Å². The van der Waals surface area contributed by atoms with Crippen molar-refractivity contribution in [2.75, 3.05) is 6.61 Å². The van der Waals surface area contributed by atoms with Gasteiger partial charge in [0, 0.05) is 12.5 Å². The molecule has 0 fully saturated rings. The average Bonchev–Trinajstić information content (AvgIpc) is 3.05. The van der Waals surface area contributed by atoms with Gasteiger partial charge in [0.2, 0.25) is 0 Å². The van der Waals surface area contributed by atoms with E-state index in [2.05, 4.69) is 35.0 Å². The fraction of sp³-hybridized carbons (Fsp3) is 0.333. The molecule has 1 aromatic carbocycles. The van der Waals surface area contributed by atoms with Crippen molar-refractivity contribution in [2.24, 2.45) is 5.73 Å². The highest BCUT2D eigenvalue weighted by Gasteiger charge is 2.14. The molecule has 0 spiro atoms. The molecule has 3 heteroatoms. The van der Waals surface area contributed by atoms with E-state index in [4.69, 9.17) is 10.5 Å². The molecule has 0 bridgehead atoms. The van der Waals surface area contributed by atoms with Crippen LogP contribution in [0.4, 0.5) is 0 Å². The second-order valence-corrected chi connectivity index (χ2v) is 5.52. The van der Waals surface area contributed by atoms with Crippen LogP contribution in [-0.4, -0.2) is 6.61 Å². The van der Waals surface area contributed by atoms with Crippen molar-refractivity contribution < 1.29 is 4.74 Å².